The Morgan fingerprint density at radius 2 is 0.634 bits per heavy atom. The molecule has 6 rings (SSSR count). The first-order valence-electron chi connectivity index (χ1n) is 14.7. The van der Waals surface area contributed by atoms with Crippen molar-refractivity contribution in [2.24, 2.45) is 0 Å². The number of hydrogen-bond acceptors (Lipinski definition) is 5. The normalized spacial score (nSPS) is 16.7. The summed E-state index contributed by atoms with van der Waals surface area (Å²) in [7, 11) is 0. The average molecular weight is 551 g/mol. The Bertz CT molecular complexity index is 1260. The third kappa shape index (κ3) is 7.36. The monoisotopic (exact) mass is 550 g/mol. The quantitative estimate of drug-likeness (QED) is 0.230. The molecule has 4 aromatic rings. The smallest absolute Gasteiger partial charge is 0.126 e. The molecule has 0 unspecified atom stereocenters. The van der Waals surface area contributed by atoms with Gasteiger partial charge < -0.3 is 23.7 Å². The third-order valence-electron chi connectivity index (χ3n) is 7.61. The van der Waals surface area contributed by atoms with Gasteiger partial charge in [-0.2, -0.15) is 0 Å². The first kappa shape index (κ1) is 27.5. The fourth-order valence-electron chi connectivity index (χ4n) is 5.73. The van der Waals surface area contributed by atoms with Crippen LogP contribution in [0.5, 0.6) is 11.5 Å². The van der Waals surface area contributed by atoms with Crippen LogP contribution in [0.25, 0.3) is 0 Å². The summed E-state index contributed by atoms with van der Waals surface area (Å²) < 4.78 is 30.2. The van der Waals surface area contributed by atoms with E-state index < -0.39 is 0 Å². The van der Waals surface area contributed by atoms with E-state index in [-0.39, 0.29) is 0 Å². The molecule has 1 aliphatic carbocycles. The topological polar surface area (TPSA) is 46.2 Å². The molecular formula is C36H38O5. The van der Waals surface area contributed by atoms with E-state index in [2.05, 4.69) is 84.9 Å². The Morgan fingerprint density at radius 3 is 0.976 bits per heavy atom. The molecule has 1 aliphatic heterocycles. The molecule has 212 valence electrons. The van der Waals surface area contributed by atoms with Crippen molar-refractivity contribution in [1.29, 1.82) is 0 Å². The van der Waals surface area contributed by atoms with Crippen LogP contribution in [0.2, 0.25) is 0 Å². The van der Waals surface area contributed by atoms with Crippen molar-refractivity contribution < 1.29 is 23.7 Å². The zero-order chi connectivity index (χ0) is 27.7. The molecule has 10 bridgehead atoms. The Labute approximate surface area is 243 Å². The maximum absolute atomic E-state index is 6.47. The van der Waals surface area contributed by atoms with E-state index >= 15 is 0 Å². The lowest BCUT2D eigenvalue weighted by Crippen LogP contribution is -2.15. The van der Waals surface area contributed by atoms with Gasteiger partial charge in [0.05, 0.1) is 39.6 Å². The summed E-state index contributed by atoms with van der Waals surface area (Å²) in [6.07, 6.45) is 3.19. The molecule has 5 heteroatoms. The molecule has 0 amide bonds. The highest BCUT2D eigenvalue weighted by Crippen LogP contribution is 2.32. The summed E-state index contributed by atoms with van der Waals surface area (Å²) in [6.45, 7) is 4.12. The largest absolute Gasteiger partial charge is 0.491 e. The Morgan fingerprint density at radius 1 is 0.341 bits per heavy atom. The predicted octanol–water partition coefficient (Wildman–Crippen LogP) is 6.18. The van der Waals surface area contributed by atoms with Gasteiger partial charge in [-0.15, -0.1) is 0 Å². The SMILES string of the molecule is c1cc2cc(c1)Cc1cccc3c1OCCOCCOCCOCCOc1c(cccc1Cc1cccc(c1)C3)C2. The molecule has 4 aromatic carbocycles. The van der Waals surface area contributed by atoms with Crippen molar-refractivity contribution in [3.8, 4) is 11.5 Å². The maximum atomic E-state index is 6.47. The second-order valence-corrected chi connectivity index (χ2v) is 10.7. The van der Waals surface area contributed by atoms with Crippen LogP contribution in [0.3, 0.4) is 0 Å². The number of hydrogen-bond donors (Lipinski definition) is 0. The van der Waals surface area contributed by atoms with E-state index in [1.807, 2.05) is 0 Å². The minimum absolute atomic E-state index is 0.491. The molecule has 0 saturated carbocycles. The van der Waals surface area contributed by atoms with Gasteiger partial charge in [0.15, 0.2) is 0 Å². The van der Waals surface area contributed by atoms with Crippen molar-refractivity contribution in [2.45, 2.75) is 25.7 Å². The highest BCUT2D eigenvalue weighted by Gasteiger charge is 2.16. The predicted molar refractivity (Wildman–Crippen MR) is 160 cm³/mol. The van der Waals surface area contributed by atoms with Crippen LogP contribution in [0.4, 0.5) is 0 Å². The molecule has 0 radical (unpaired) electrons. The highest BCUT2D eigenvalue weighted by molar-refractivity contribution is 5.50. The molecule has 0 N–H and O–H groups in total. The minimum atomic E-state index is 0.491. The van der Waals surface area contributed by atoms with Gasteiger partial charge in [-0.1, -0.05) is 84.9 Å². The summed E-state index contributed by atoms with van der Waals surface area (Å²) in [4.78, 5) is 0. The van der Waals surface area contributed by atoms with Crippen molar-refractivity contribution in [1.82, 2.24) is 0 Å². The molecule has 0 atom stereocenters. The van der Waals surface area contributed by atoms with Gasteiger partial charge in [0.25, 0.3) is 0 Å². The molecule has 0 aromatic heterocycles. The Balaban J connectivity index is 1.44. The molecule has 0 fully saturated rings. The van der Waals surface area contributed by atoms with Crippen LogP contribution in [0.15, 0.2) is 84.9 Å². The van der Waals surface area contributed by atoms with Crippen molar-refractivity contribution in [3.05, 3.63) is 129 Å². The number of benzene rings is 4. The lowest BCUT2D eigenvalue weighted by atomic mass is 9.92. The standard InChI is InChI=1S/C36H38O5/c1-5-27-21-28(6-1)24-32-10-4-12-34-26-30-8-2-7-29(22-30)25-33-11-3-9-31(23-27)35(33)40-19-17-38-15-13-37-14-16-39-18-20-41-36(32)34/h1-12,21-22H,13-20,23-26H2. The number of para-hydroxylation sites is 2. The first-order valence-corrected chi connectivity index (χ1v) is 14.7. The van der Waals surface area contributed by atoms with E-state index in [0.717, 1.165) is 37.2 Å². The molecule has 1 heterocycles. The van der Waals surface area contributed by atoms with Crippen LogP contribution in [-0.4, -0.2) is 52.9 Å². The lowest BCUT2D eigenvalue weighted by Gasteiger charge is -2.19. The average Bonchev–Trinajstić information content (AvgIpc) is 2.97. The number of fused-ring (bicyclic) bond motifs is 2. The zero-order valence-electron chi connectivity index (χ0n) is 23.6. The van der Waals surface area contributed by atoms with Gasteiger partial charge in [0.1, 0.15) is 24.7 Å². The second kappa shape index (κ2) is 13.8. The number of rotatable bonds is 0. The zero-order valence-corrected chi connectivity index (χ0v) is 23.6. The van der Waals surface area contributed by atoms with Crippen LogP contribution in [0, 0.1) is 0 Å². The maximum Gasteiger partial charge on any atom is 0.126 e. The van der Waals surface area contributed by atoms with Crippen LogP contribution >= 0.6 is 0 Å². The highest BCUT2D eigenvalue weighted by atomic mass is 16.6. The van der Waals surface area contributed by atoms with Crippen LogP contribution in [-0.2, 0) is 39.9 Å². The van der Waals surface area contributed by atoms with Gasteiger partial charge in [0.2, 0.25) is 0 Å². The fourth-order valence-corrected chi connectivity index (χ4v) is 5.73. The van der Waals surface area contributed by atoms with E-state index in [1.165, 1.54) is 44.5 Å². The first-order chi connectivity index (χ1) is 20.3. The molecule has 0 saturated heterocycles. The fraction of sp³-hybridized carbons (Fsp3) is 0.333. The van der Waals surface area contributed by atoms with Crippen molar-refractivity contribution in [2.75, 3.05) is 52.9 Å². The van der Waals surface area contributed by atoms with Gasteiger partial charge in [-0.05, 0) is 44.5 Å². The van der Waals surface area contributed by atoms with Gasteiger partial charge >= 0.3 is 0 Å². The lowest BCUT2D eigenvalue weighted by molar-refractivity contribution is 0.00485. The molecular weight excluding hydrogens is 512 g/mol. The van der Waals surface area contributed by atoms with E-state index in [0.29, 0.717) is 52.9 Å². The summed E-state index contributed by atoms with van der Waals surface area (Å²) in [6, 6.07) is 30.9. The minimum Gasteiger partial charge on any atom is -0.491 e. The second-order valence-electron chi connectivity index (χ2n) is 10.7. The van der Waals surface area contributed by atoms with Crippen molar-refractivity contribution in [3.63, 3.8) is 0 Å². The van der Waals surface area contributed by atoms with Gasteiger partial charge in [0, 0.05) is 25.7 Å². The molecule has 2 aliphatic rings. The Kier molecular flexibility index (Phi) is 9.28. The molecule has 0 spiro atoms. The Hall–Kier alpha value is -3.64. The summed E-state index contributed by atoms with van der Waals surface area (Å²) in [5.74, 6) is 1.94. The molecule has 5 nitrogen and oxygen atoms in total. The van der Waals surface area contributed by atoms with E-state index in [9.17, 15) is 0 Å². The third-order valence-corrected chi connectivity index (χ3v) is 7.61. The summed E-state index contributed by atoms with van der Waals surface area (Å²) in [5, 5.41) is 0. The van der Waals surface area contributed by atoms with Gasteiger partial charge in [-0.3, -0.25) is 0 Å². The number of ether oxygens (including phenoxy) is 5. The van der Waals surface area contributed by atoms with Crippen molar-refractivity contribution >= 4 is 0 Å². The molecule has 41 heavy (non-hydrogen) atoms. The summed E-state index contributed by atoms with van der Waals surface area (Å²) >= 11 is 0. The van der Waals surface area contributed by atoms with Crippen LogP contribution in [0.1, 0.15) is 44.5 Å². The summed E-state index contributed by atoms with van der Waals surface area (Å²) in [5.41, 5.74) is 9.84. The van der Waals surface area contributed by atoms with Crippen LogP contribution < -0.4 is 9.47 Å². The van der Waals surface area contributed by atoms with E-state index in [4.69, 9.17) is 23.7 Å². The van der Waals surface area contributed by atoms with Gasteiger partial charge in [-0.25, -0.2) is 0 Å². The van der Waals surface area contributed by atoms with E-state index in [1.54, 1.807) is 0 Å².